The summed E-state index contributed by atoms with van der Waals surface area (Å²) < 4.78 is 0. The highest BCUT2D eigenvalue weighted by Gasteiger charge is 2.25. The molecule has 5 heteroatoms. The maximum absolute atomic E-state index is 11.6. The predicted octanol–water partition coefficient (Wildman–Crippen LogP) is 2.73. The summed E-state index contributed by atoms with van der Waals surface area (Å²) in [6.45, 7) is 16.0. The molecule has 27 heavy (non-hydrogen) atoms. The molecule has 0 spiro atoms. The largest absolute Gasteiger partial charge is 0.393 e. The zero-order valence-corrected chi connectivity index (χ0v) is 17.6. The van der Waals surface area contributed by atoms with Crippen molar-refractivity contribution in [2.45, 2.75) is 52.7 Å². The van der Waals surface area contributed by atoms with Gasteiger partial charge in [0.15, 0.2) is 0 Å². The van der Waals surface area contributed by atoms with Crippen LogP contribution in [0.3, 0.4) is 0 Å². The summed E-state index contributed by atoms with van der Waals surface area (Å²) in [5.74, 6) is 0.282. The van der Waals surface area contributed by atoms with Crippen molar-refractivity contribution < 1.29 is 15.0 Å². The molecule has 0 heterocycles. The van der Waals surface area contributed by atoms with Gasteiger partial charge in [-0.05, 0) is 48.1 Å². The number of carbonyl (C=O) groups excluding carboxylic acids is 1. The topological polar surface area (TPSA) is 81.6 Å². The molecule has 0 bridgehead atoms. The quantitative estimate of drug-likeness (QED) is 0.293. The van der Waals surface area contributed by atoms with Crippen molar-refractivity contribution in [1.29, 1.82) is 0 Å². The number of likely N-dealkylation sites (N-methyl/N-ethyl adjacent to an activating group) is 1. The Morgan fingerprint density at radius 3 is 2.30 bits per heavy atom. The molecule has 4 unspecified atom stereocenters. The Bertz CT molecular complexity index is 552. The third-order valence-electron chi connectivity index (χ3n) is 5.01. The zero-order valence-electron chi connectivity index (χ0n) is 17.6. The van der Waals surface area contributed by atoms with Crippen molar-refractivity contribution >= 4 is 5.91 Å². The Balaban J connectivity index is 6.27. The van der Waals surface area contributed by atoms with E-state index in [0.29, 0.717) is 18.0 Å². The highest BCUT2D eigenvalue weighted by atomic mass is 16.3. The van der Waals surface area contributed by atoms with Gasteiger partial charge in [0.25, 0.3) is 0 Å². The van der Waals surface area contributed by atoms with E-state index in [2.05, 4.69) is 51.5 Å². The van der Waals surface area contributed by atoms with Crippen molar-refractivity contribution in [3.63, 3.8) is 0 Å². The molecule has 0 radical (unpaired) electrons. The average molecular weight is 379 g/mol. The Hall–Kier alpha value is -1.69. The fourth-order valence-corrected chi connectivity index (χ4v) is 2.63. The van der Waals surface area contributed by atoms with Gasteiger partial charge in [0.05, 0.1) is 12.6 Å². The van der Waals surface area contributed by atoms with Gasteiger partial charge in [-0.15, -0.1) is 0 Å². The van der Waals surface area contributed by atoms with E-state index in [4.69, 9.17) is 0 Å². The van der Waals surface area contributed by atoms with Gasteiger partial charge in [-0.3, -0.25) is 4.79 Å². The number of rotatable bonds is 13. The second kappa shape index (κ2) is 13.5. The molecule has 0 rings (SSSR count). The summed E-state index contributed by atoms with van der Waals surface area (Å²) in [5, 5.41) is 26.1. The van der Waals surface area contributed by atoms with E-state index in [1.165, 1.54) is 6.08 Å². The van der Waals surface area contributed by atoms with E-state index in [1.54, 1.807) is 7.05 Å². The molecule has 0 aromatic rings. The molecule has 0 aromatic carbocycles. The lowest BCUT2D eigenvalue weighted by Gasteiger charge is -2.29. The maximum atomic E-state index is 11.6. The van der Waals surface area contributed by atoms with Gasteiger partial charge in [-0.25, -0.2) is 0 Å². The van der Waals surface area contributed by atoms with Gasteiger partial charge in [-0.2, -0.15) is 0 Å². The first-order valence-electron chi connectivity index (χ1n) is 9.74. The minimum absolute atomic E-state index is 0.198. The van der Waals surface area contributed by atoms with E-state index in [9.17, 15) is 15.0 Å². The highest BCUT2D eigenvalue weighted by Crippen LogP contribution is 2.29. The first-order chi connectivity index (χ1) is 12.8. The average Bonchev–Trinajstić information content (AvgIpc) is 2.70. The van der Waals surface area contributed by atoms with Crippen molar-refractivity contribution in [2.75, 3.05) is 20.2 Å². The number of hydrogen-bond donors (Lipinski definition) is 4. The van der Waals surface area contributed by atoms with E-state index in [-0.39, 0.29) is 24.5 Å². The normalized spacial score (nSPS) is 17.0. The Morgan fingerprint density at radius 2 is 1.85 bits per heavy atom. The molecule has 4 N–H and O–H groups in total. The van der Waals surface area contributed by atoms with Crippen LogP contribution in [0.4, 0.5) is 0 Å². The lowest BCUT2D eigenvalue weighted by atomic mass is 9.83. The minimum atomic E-state index is -1.02. The molecule has 0 saturated heterocycles. The van der Waals surface area contributed by atoms with Gasteiger partial charge in [0, 0.05) is 6.54 Å². The van der Waals surface area contributed by atoms with E-state index in [1.807, 2.05) is 12.2 Å². The third kappa shape index (κ3) is 8.24. The highest BCUT2D eigenvalue weighted by molar-refractivity contribution is 5.86. The molecular weight excluding hydrogens is 340 g/mol. The Labute approximate surface area is 164 Å². The first kappa shape index (κ1) is 25.3. The molecule has 154 valence electrons. The molecule has 0 aliphatic carbocycles. The van der Waals surface area contributed by atoms with Gasteiger partial charge in [0.1, 0.15) is 6.10 Å². The van der Waals surface area contributed by atoms with E-state index in [0.717, 1.165) is 24.0 Å². The monoisotopic (exact) mass is 378 g/mol. The van der Waals surface area contributed by atoms with Crippen LogP contribution in [0, 0.1) is 11.8 Å². The number of carbonyl (C=O) groups is 1. The zero-order chi connectivity index (χ0) is 21.0. The minimum Gasteiger partial charge on any atom is -0.393 e. The van der Waals surface area contributed by atoms with Gasteiger partial charge < -0.3 is 20.8 Å². The molecule has 5 nitrogen and oxygen atoms in total. The number of aliphatic hydroxyl groups excluding tert-OH is 2. The summed E-state index contributed by atoms with van der Waals surface area (Å²) in [7, 11) is 1.80. The molecule has 4 atom stereocenters. The van der Waals surface area contributed by atoms with Crippen LogP contribution in [0.5, 0.6) is 0 Å². The van der Waals surface area contributed by atoms with Crippen LogP contribution >= 0.6 is 0 Å². The van der Waals surface area contributed by atoms with Crippen LogP contribution in [0.2, 0.25) is 0 Å². The predicted molar refractivity (Wildman–Crippen MR) is 113 cm³/mol. The molecule has 1 amide bonds. The molecule has 0 aromatic heterocycles. The number of allylic oxidation sites excluding steroid dienone is 1. The van der Waals surface area contributed by atoms with Crippen LogP contribution in [0.1, 0.15) is 40.5 Å². The van der Waals surface area contributed by atoms with E-state index < -0.39 is 6.10 Å². The molecular formula is C22H38N2O3. The standard InChI is InChI=1S/C22H38N2O3/c1-8-15(4)11-12-18(20(26)14-25)22(17(6)16(5)9-2)19(23-7)13-24-21(27)10-3/h10-12,15-16,19-20,23,25-26H,3,6,8-9,13-14H2,1-2,4-5,7H3,(H,24,27)/b12-11-,22-18-. The fourth-order valence-electron chi connectivity index (χ4n) is 2.63. The van der Waals surface area contributed by atoms with Crippen LogP contribution < -0.4 is 10.6 Å². The number of aliphatic hydroxyl groups is 2. The number of amides is 1. The summed E-state index contributed by atoms with van der Waals surface area (Å²) >= 11 is 0. The fraction of sp³-hybridized carbons (Fsp3) is 0.591. The molecule has 0 aliphatic heterocycles. The van der Waals surface area contributed by atoms with Gasteiger partial charge in [-0.1, -0.05) is 59.4 Å². The number of nitrogens with one attached hydrogen (secondary N) is 2. The SMILES string of the molecule is C=CC(=O)NCC(NC)/C(C(=C)C(C)CC)=C(/C=C\C(C)CC)C(O)CO. The van der Waals surface area contributed by atoms with E-state index >= 15 is 0 Å². The van der Waals surface area contributed by atoms with Crippen LogP contribution in [0.25, 0.3) is 0 Å². The second-order valence-electron chi connectivity index (χ2n) is 6.94. The van der Waals surface area contributed by atoms with Gasteiger partial charge in [0.2, 0.25) is 5.91 Å². The smallest absolute Gasteiger partial charge is 0.243 e. The lowest BCUT2D eigenvalue weighted by Crippen LogP contribution is -2.42. The molecule has 0 aliphatic rings. The summed E-state index contributed by atoms with van der Waals surface area (Å²) in [4.78, 5) is 11.6. The van der Waals surface area contributed by atoms with Crippen molar-refractivity contribution in [3.05, 3.63) is 48.1 Å². The van der Waals surface area contributed by atoms with Crippen molar-refractivity contribution in [2.24, 2.45) is 11.8 Å². The van der Waals surface area contributed by atoms with Crippen LogP contribution in [-0.2, 0) is 4.79 Å². The Morgan fingerprint density at radius 1 is 1.22 bits per heavy atom. The van der Waals surface area contributed by atoms with Gasteiger partial charge >= 0.3 is 0 Å². The van der Waals surface area contributed by atoms with Crippen LogP contribution in [-0.4, -0.2) is 48.5 Å². The second-order valence-corrected chi connectivity index (χ2v) is 6.94. The first-order valence-corrected chi connectivity index (χ1v) is 9.74. The molecule has 0 fully saturated rings. The lowest BCUT2D eigenvalue weighted by molar-refractivity contribution is -0.116. The van der Waals surface area contributed by atoms with Crippen molar-refractivity contribution in [3.8, 4) is 0 Å². The third-order valence-corrected chi connectivity index (χ3v) is 5.01. The maximum Gasteiger partial charge on any atom is 0.243 e. The number of hydrogen-bond acceptors (Lipinski definition) is 4. The Kier molecular flexibility index (Phi) is 12.6. The molecule has 0 saturated carbocycles. The summed E-state index contributed by atoms with van der Waals surface area (Å²) in [6, 6.07) is -0.256. The van der Waals surface area contributed by atoms with Crippen LogP contribution in [0.15, 0.2) is 48.1 Å². The summed E-state index contributed by atoms with van der Waals surface area (Å²) in [5.41, 5.74) is 2.36. The summed E-state index contributed by atoms with van der Waals surface area (Å²) in [6.07, 6.45) is 6.00. The van der Waals surface area contributed by atoms with Crippen molar-refractivity contribution in [1.82, 2.24) is 10.6 Å².